The molecule has 1 atom stereocenters. The monoisotopic (exact) mass is 300 g/mol. The zero-order valence-electron chi connectivity index (χ0n) is 10.2. The van der Waals surface area contributed by atoms with Gasteiger partial charge in [0.25, 0.3) is 0 Å². The molecule has 2 N–H and O–H groups in total. The van der Waals surface area contributed by atoms with Gasteiger partial charge in [-0.05, 0) is 32.0 Å². The van der Waals surface area contributed by atoms with E-state index in [4.69, 9.17) is 5.11 Å². The second-order valence-corrected chi connectivity index (χ2v) is 6.99. The van der Waals surface area contributed by atoms with Crippen LogP contribution in [0.2, 0.25) is 0 Å². The molecule has 1 heterocycles. The quantitative estimate of drug-likeness (QED) is 0.888. The molecule has 0 radical (unpaired) electrons. The van der Waals surface area contributed by atoms with Crippen LogP contribution in [0.5, 0.6) is 0 Å². The third kappa shape index (κ3) is 2.91. The third-order valence-electron chi connectivity index (χ3n) is 2.48. The Labute approximate surface area is 114 Å². The number of aryl methyl sites for hydroxylation is 1. The first-order chi connectivity index (χ1) is 8.79. The van der Waals surface area contributed by atoms with E-state index in [1.54, 1.807) is 6.07 Å². The molecule has 0 bridgehead atoms. The van der Waals surface area contributed by atoms with Crippen molar-refractivity contribution in [1.82, 2.24) is 9.71 Å². The van der Waals surface area contributed by atoms with Gasteiger partial charge in [-0.3, -0.25) is 4.79 Å². The molecule has 0 fully saturated rings. The normalized spacial score (nSPS) is 13.6. The van der Waals surface area contributed by atoms with E-state index < -0.39 is 22.0 Å². The lowest BCUT2D eigenvalue weighted by molar-refractivity contribution is -0.138. The fourth-order valence-corrected chi connectivity index (χ4v) is 3.70. The van der Waals surface area contributed by atoms with Crippen LogP contribution in [-0.4, -0.2) is 30.5 Å². The zero-order chi connectivity index (χ0) is 14.2. The fraction of sp³-hybridized carbons (Fsp3) is 0.273. The predicted molar refractivity (Wildman–Crippen MR) is 71.8 cm³/mol. The number of carboxylic acids is 1. The number of carboxylic acid groups (broad SMARTS) is 1. The predicted octanol–water partition coefficient (Wildman–Crippen LogP) is 1.36. The van der Waals surface area contributed by atoms with Gasteiger partial charge in [0, 0.05) is 0 Å². The maximum absolute atomic E-state index is 12.0. The summed E-state index contributed by atoms with van der Waals surface area (Å²) in [6.07, 6.45) is 0. The summed E-state index contributed by atoms with van der Waals surface area (Å²) in [4.78, 5) is 15.0. The Hall–Kier alpha value is -1.51. The van der Waals surface area contributed by atoms with Gasteiger partial charge >= 0.3 is 5.97 Å². The number of hydrogen-bond acceptors (Lipinski definition) is 5. The molecule has 0 aliphatic rings. The number of aliphatic carboxylic acids is 1. The van der Waals surface area contributed by atoms with E-state index in [2.05, 4.69) is 9.71 Å². The molecule has 0 amide bonds. The van der Waals surface area contributed by atoms with Crippen molar-refractivity contribution in [3.8, 4) is 0 Å². The molecular formula is C11H12N2O4S2. The maximum atomic E-state index is 12.0. The van der Waals surface area contributed by atoms with Crippen LogP contribution in [0.1, 0.15) is 11.9 Å². The molecule has 2 aromatic rings. The minimum atomic E-state index is -3.84. The molecule has 6 nitrogen and oxygen atoms in total. The molecule has 1 aromatic heterocycles. The highest BCUT2D eigenvalue weighted by molar-refractivity contribution is 7.89. The smallest absolute Gasteiger partial charge is 0.321 e. The van der Waals surface area contributed by atoms with E-state index in [0.717, 1.165) is 15.2 Å². The standard InChI is InChI=1S/C11H12N2O4S2/c1-6(11(14)15)13-19(16,17)8-3-4-9-10(5-8)18-7(2)12-9/h3-6,13H,1-2H3,(H,14,15)/t6-/m0/s1. The summed E-state index contributed by atoms with van der Waals surface area (Å²) in [5.41, 5.74) is 0.729. The molecule has 0 saturated carbocycles. The summed E-state index contributed by atoms with van der Waals surface area (Å²) in [5, 5.41) is 9.58. The van der Waals surface area contributed by atoms with E-state index in [-0.39, 0.29) is 4.90 Å². The number of fused-ring (bicyclic) bond motifs is 1. The topological polar surface area (TPSA) is 96.4 Å². The van der Waals surface area contributed by atoms with Gasteiger partial charge in [0.1, 0.15) is 6.04 Å². The number of hydrogen-bond donors (Lipinski definition) is 2. The first kappa shape index (κ1) is 13.9. The number of carbonyl (C=O) groups is 1. The van der Waals surface area contributed by atoms with Gasteiger partial charge in [-0.2, -0.15) is 4.72 Å². The lowest BCUT2D eigenvalue weighted by Crippen LogP contribution is -2.38. The Balaban J connectivity index is 2.39. The Bertz CT molecular complexity index is 736. The van der Waals surface area contributed by atoms with Crippen LogP contribution in [0, 0.1) is 6.92 Å². The molecule has 19 heavy (non-hydrogen) atoms. The van der Waals surface area contributed by atoms with Crippen LogP contribution >= 0.6 is 11.3 Å². The molecule has 102 valence electrons. The number of rotatable bonds is 4. The first-order valence-corrected chi connectivity index (χ1v) is 7.72. The van der Waals surface area contributed by atoms with Gasteiger partial charge in [-0.15, -0.1) is 11.3 Å². The van der Waals surface area contributed by atoms with Crippen LogP contribution in [0.15, 0.2) is 23.1 Å². The molecule has 0 aliphatic heterocycles. The van der Waals surface area contributed by atoms with E-state index in [9.17, 15) is 13.2 Å². The minimum Gasteiger partial charge on any atom is -0.480 e. The Morgan fingerprint density at radius 1 is 1.47 bits per heavy atom. The third-order valence-corrected chi connectivity index (χ3v) is 4.95. The van der Waals surface area contributed by atoms with Crippen molar-refractivity contribution in [2.45, 2.75) is 24.8 Å². The van der Waals surface area contributed by atoms with Crippen molar-refractivity contribution in [3.05, 3.63) is 23.2 Å². The number of thiazole rings is 1. The van der Waals surface area contributed by atoms with Gasteiger partial charge in [0.15, 0.2) is 0 Å². The number of aromatic nitrogens is 1. The summed E-state index contributed by atoms with van der Waals surface area (Å²) < 4.78 is 26.9. The number of sulfonamides is 1. The molecule has 2 rings (SSSR count). The summed E-state index contributed by atoms with van der Waals surface area (Å²) >= 11 is 1.39. The Morgan fingerprint density at radius 3 is 2.79 bits per heavy atom. The molecule has 0 aliphatic carbocycles. The first-order valence-electron chi connectivity index (χ1n) is 5.42. The highest BCUT2D eigenvalue weighted by Crippen LogP contribution is 2.24. The average Bonchev–Trinajstić information content (AvgIpc) is 2.67. The van der Waals surface area contributed by atoms with Crippen LogP contribution in [0.4, 0.5) is 0 Å². The van der Waals surface area contributed by atoms with Gasteiger partial charge < -0.3 is 5.11 Å². The minimum absolute atomic E-state index is 0.0387. The van der Waals surface area contributed by atoms with Gasteiger partial charge in [0.2, 0.25) is 10.0 Å². The molecule has 0 saturated heterocycles. The molecule has 8 heteroatoms. The number of nitrogens with zero attached hydrogens (tertiary/aromatic N) is 1. The number of benzene rings is 1. The number of nitrogens with one attached hydrogen (secondary N) is 1. The van der Waals surface area contributed by atoms with Crippen molar-refractivity contribution in [2.75, 3.05) is 0 Å². The SMILES string of the molecule is Cc1nc2ccc(S(=O)(=O)N[C@@H](C)C(=O)O)cc2s1. The Morgan fingerprint density at radius 2 is 2.16 bits per heavy atom. The molecule has 0 spiro atoms. The second kappa shape index (κ2) is 4.87. The summed E-state index contributed by atoms with van der Waals surface area (Å²) in [6, 6.07) is 3.35. The maximum Gasteiger partial charge on any atom is 0.321 e. The van der Waals surface area contributed by atoms with Crippen LogP contribution in [0.3, 0.4) is 0 Å². The molecule has 1 aromatic carbocycles. The largest absolute Gasteiger partial charge is 0.480 e. The second-order valence-electron chi connectivity index (χ2n) is 4.04. The van der Waals surface area contributed by atoms with Gasteiger partial charge in [-0.25, -0.2) is 13.4 Å². The van der Waals surface area contributed by atoms with E-state index in [0.29, 0.717) is 0 Å². The van der Waals surface area contributed by atoms with Crippen LogP contribution in [-0.2, 0) is 14.8 Å². The van der Waals surface area contributed by atoms with Gasteiger partial charge in [-0.1, -0.05) is 0 Å². The highest BCUT2D eigenvalue weighted by Gasteiger charge is 2.21. The fourth-order valence-electron chi connectivity index (χ4n) is 1.54. The van der Waals surface area contributed by atoms with Crippen LogP contribution in [0.25, 0.3) is 10.2 Å². The molecule has 0 unspecified atom stereocenters. The summed E-state index contributed by atoms with van der Waals surface area (Å²) in [5.74, 6) is -1.22. The van der Waals surface area contributed by atoms with E-state index >= 15 is 0 Å². The average molecular weight is 300 g/mol. The summed E-state index contributed by atoms with van der Waals surface area (Å²) in [7, 11) is -3.84. The lowest BCUT2D eigenvalue weighted by Gasteiger charge is -2.09. The van der Waals surface area contributed by atoms with E-state index in [1.807, 2.05) is 6.92 Å². The van der Waals surface area contributed by atoms with Crippen molar-refractivity contribution >= 4 is 37.5 Å². The van der Waals surface area contributed by atoms with Gasteiger partial charge in [0.05, 0.1) is 20.1 Å². The van der Waals surface area contributed by atoms with Crippen molar-refractivity contribution in [1.29, 1.82) is 0 Å². The zero-order valence-corrected chi connectivity index (χ0v) is 11.9. The van der Waals surface area contributed by atoms with Crippen molar-refractivity contribution in [3.63, 3.8) is 0 Å². The Kier molecular flexibility index (Phi) is 3.57. The highest BCUT2D eigenvalue weighted by atomic mass is 32.2. The van der Waals surface area contributed by atoms with Crippen LogP contribution < -0.4 is 4.72 Å². The van der Waals surface area contributed by atoms with Crippen molar-refractivity contribution < 1.29 is 18.3 Å². The molecular weight excluding hydrogens is 288 g/mol. The van der Waals surface area contributed by atoms with E-state index in [1.165, 1.54) is 30.4 Å². The summed E-state index contributed by atoms with van der Waals surface area (Å²) in [6.45, 7) is 3.11. The van der Waals surface area contributed by atoms with Crippen molar-refractivity contribution in [2.24, 2.45) is 0 Å². The lowest BCUT2D eigenvalue weighted by atomic mass is 10.3.